The van der Waals surface area contributed by atoms with E-state index >= 15 is 0 Å². The first-order valence-electron chi connectivity index (χ1n) is 3.81. The van der Waals surface area contributed by atoms with Crippen molar-refractivity contribution in [3.63, 3.8) is 0 Å². The number of hydrogen-bond acceptors (Lipinski definition) is 2. The van der Waals surface area contributed by atoms with E-state index < -0.39 is 0 Å². The van der Waals surface area contributed by atoms with Crippen molar-refractivity contribution in [2.24, 2.45) is 0 Å². The Balaban J connectivity index is 2.65. The molecule has 2 heterocycles. The van der Waals surface area contributed by atoms with Gasteiger partial charge in [0, 0.05) is 5.39 Å². The molecule has 2 nitrogen and oxygen atoms in total. The summed E-state index contributed by atoms with van der Waals surface area (Å²) in [7, 11) is 0. The van der Waals surface area contributed by atoms with Crippen LogP contribution in [0.15, 0.2) is 30.3 Å². The predicted molar refractivity (Wildman–Crippen MR) is 45.2 cm³/mol. The van der Waals surface area contributed by atoms with Crippen LogP contribution in [0.4, 0.5) is 0 Å². The van der Waals surface area contributed by atoms with Gasteiger partial charge in [0.1, 0.15) is 5.69 Å². The minimum atomic E-state index is 0.0561. The Kier molecular flexibility index (Phi) is 0.844. The highest BCUT2D eigenvalue weighted by atomic mass is 16.1. The number of rotatable bonds is 0. The smallest absolute Gasteiger partial charge is 0.213 e. The van der Waals surface area contributed by atoms with Gasteiger partial charge in [0.15, 0.2) is 0 Å². The van der Waals surface area contributed by atoms with Crippen LogP contribution in [-0.2, 0) is 0 Å². The van der Waals surface area contributed by atoms with Crippen molar-refractivity contribution in [3.05, 3.63) is 41.6 Å². The minimum Gasteiger partial charge on any atom is -0.287 e. The monoisotopic (exact) mass is 155 g/mol. The number of carbonyl (C=O) groups excluding carboxylic acids is 1. The Hall–Kier alpha value is -1.70. The maximum atomic E-state index is 11.5. The Morgan fingerprint density at radius 3 is 2.92 bits per heavy atom. The number of hydrogen-bond donors (Lipinski definition) is 0. The van der Waals surface area contributed by atoms with Crippen molar-refractivity contribution in [1.29, 1.82) is 0 Å². The first-order chi connectivity index (χ1) is 5.86. The van der Waals surface area contributed by atoms with Crippen molar-refractivity contribution in [2.75, 3.05) is 0 Å². The standard InChI is InChI=1S/C10H5NO/c12-10-7-3-1-2-6-4-5-8(10)11-9(6)7/h1-5H. The average molecular weight is 155 g/mol. The number of pyridine rings is 1. The first-order valence-corrected chi connectivity index (χ1v) is 3.81. The summed E-state index contributed by atoms with van der Waals surface area (Å²) in [6.45, 7) is 0. The number of carbonyl (C=O) groups is 1. The molecular weight excluding hydrogens is 150 g/mol. The minimum absolute atomic E-state index is 0.0561. The predicted octanol–water partition coefficient (Wildman–Crippen LogP) is 1.78. The third kappa shape index (κ3) is 0.515. The van der Waals surface area contributed by atoms with E-state index in [9.17, 15) is 4.79 Å². The van der Waals surface area contributed by atoms with Gasteiger partial charge in [-0.25, -0.2) is 4.98 Å². The van der Waals surface area contributed by atoms with Gasteiger partial charge in [0.25, 0.3) is 0 Å². The third-order valence-electron chi connectivity index (χ3n) is 2.20. The van der Waals surface area contributed by atoms with Crippen molar-refractivity contribution in [3.8, 4) is 0 Å². The van der Waals surface area contributed by atoms with E-state index in [4.69, 9.17) is 0 Å². The average Bonchev–Trinajstić information content (AvgIpc) is 2.42. The molecule has 1 aromatic carbocycles. The summed E-state index contributed by atoms with van der Waals surface area (Å²) in [5.41, 5.74) is 2.16. The fourth-order valence-corrected chi connectivity index (χ4v) is 1.59. The Morgan fingerprint density at radius 2 is 2.00 bits per heavy atom. The fourth-order valence-electron chi connectivity index (χ4n) is 1.59. The van der Waals surface area contributed by atoms with E-state index in [1.807, 2.05) is 24.3 Å². The molecule has 0 aliphatic carbocycles. The summed E-state index contributed by atoms with van der Waals surface area (Å²) in [6.07, 6.45) is 0. The molecule has 1 aliphatic heterocycles. The molecule has 0 unspecified atom stereocenters. The van der Waals surface area contributed by atoms with Crippen LogP contribution in [-0.4, -0.2) is 10.8 Å². The zero-order valence-electron chi connectivity index (χ0n) is 6.24. The van der Waals surface area contributed by atoms with Crippen LogP contribution in [0.3, 0.4) is 0 Å². The lowest BCUT2D eigenvalue weighted by atomic mass is 10.1. The lowest BCUT2D eigenvalue weighted by Crippen LogP contribution is -1.93. The van der Waals surface area contributed by atoms with Gasteiger partial charge >= 0.3 is 0 Å². The second-order valence-electron chi connectivity index (χ2n) is 2.90. The molecular formula is C10H5NO. The van der Waals surface area contributed by atoms with Crippen LogP contribution in [0.2, 0.25) is 0 Å². The van der Waals surface area contributed by atoms with Crippen LogP contribution < -0.4 is 0 Å². The highest BCUT2D eigenvalue weighted by Gasteiger charge is 2.21. The summed E-state index contributed by atoms with van der Waals surface area (Å²) >= 11 is 0. The van der Waals surface area contributed by atoms with E-state index in [-0.39, 0.29) is 5.78 Å². The molecule has 2 heteroatoms. The zero-order chi connectivity index (χ0) is 8.13. The number of aromatic nitrogens is 1. The lowest BCUT2D eigenvalue weighted by molar-refractivity contribution is 0.104. The quantitative estimate of drug-likeness (QED) is 0.495. The summed E-state index contributed by atoms with van der Waals surface area (Å²) < 4.78 is 0. The van der Waals surface area contributed by atoms with Crippen molar-refractivity contribution >= 4 is 16.7 Å². The molecule has 0 radical (unpaired) electrons. The van der Waals surface area contributed by atoms with E-state index in [2.05, 4.69) is 4.98 Å². The van der Waals surface area contributed by atoms with Gasteiger partial charge in [-0.2, -0.15) is 0 Å². The SMILES string of the molecule is O=C1c2ccc3cccc1c3n2. The molecule has 0 spiro atoms. The van der Waals surface area contributed by atoms with Crippen LogP contribution >= 0.6 is 0 Å². The maximum absolute atomic E-state index is 11.5. The molecule has 56 valence electrons. The van der Waals surface area contributed by atoms with Crippen LogP contribution in [0, 0.1) is 0 Å². The van der Waals surface area contributed by atoms with Gasteiger partial charge in [-0.15, -0.1) is 0 Å². The first kappa shape index (κ1) is 5.89. The van der Waals surface area contributed by atoms with Crippen molar-refractivity contribution < 1.29 is 4.79 Å². The van der Waals surface area contributed by atoms with Crippen LogP contribution in [0.25, 0.3) is 10.9 Å². The van der Waals surface area contributed by atoms with Crippen molar-refractivity contribution in [2.45, 2.75) is 0 Å². The second-order valence-corrected chi connectivity index (χ2v) is 2.90. The molecule has 0 saturated heterocycles. The second kappa shape index (κ2) is 1.72. The van der Waals surface area contributed by atoms with Gasteiger partial charge in [-0.05, 0) is 12.1 Å². The molecule has 3 rings (SSSR count). The molecule has 1 aliphatic rings. The molecule has 2 aromatic rings. The molecule has 0 fully saturated rings. The van der Waals surface area contributed by atoms with E-state index in [1.54, 1.807) is 6.07 Å². The van der Waals surface area contributed by atoms with Gasteiger partial charge in [-0.1, -0.05) is 18.2 Å². The molecule has 0 N–H and O–H groups in total. The molecule has 0 amide bonds. The summed E-state index contributed by atoms with van der Waals surface area (Å²) in [4.78, 5) is 15.7. The Morgan fingerprint density at radius 1 is 1.08 bits per heavy atom. The zero-order valence-corrected chi connectivity index (χ0v) is 6.24. The number of fused-ring (bicyclic) bond motifs is 1. The van der Waals surface area contributed by atoms with E-state index in [0.717, 1.165) is 16.5 Å². The Bertz CT molecular complexity index is 502. The van der Waals surface area contributed by atoms with Gasteiger partial charge in [-0.3, -0.25) is 4.79 Å². The lowest BCUT2D eigenvalue weighted by Gasteiger charge is -1.90. The summed E-state index contributed by atoms with van der Waals surface area (Å²) in [5.74, 6) is 0.0561. The fraction of sp³-hybridized carbons (Fsp3) is 0. The maximum Gasteiger partial charge on any atom is 0.213 e. The topological polar surface area (TPSA) is 30.0 Å². The number of benzene rings is 1. The molecule has 0 saturated carbocycles. The van der Waals surface area contributed by atoms with E-state index in [0.29, 0.717) is 5.69 Å². The van der Waals surface area contributed by atoms with E-state index in [1.165, 1.54) is 0 Å². The van der Waals surface area contributed by atoms with Crippen molar-refractivity contribution in [1.82, 2.24) is 4.98 Å². The molecule has 0 atom stereocenters. The molecule has 12 heavy (non-hydrogen) atoms. The van der Waals surface area contributed by atoms with Gasteiger partial charge < -0.3 is 0 Å². The number of para-hydroxylation sites is 1. The molecule has 1 aromatic heterocycles. The van der Waals surface area contributed by atoms with Crippen LogP contribution in [0.5, 0.6) is 0 Å². The number of ketones is 1. The third-order valence-corrected chi connectivity index (χ3v) is 2.20. The van der Waals surface area contributed by atoms with Gasteiger partial charge in [0.2, 0.25) is 5.78 Å². The number of nitrogens with zero attached hydrogens (tertiary/aromatic N) is 1. The summed E-state index contributed by atoms with van der Waals surface area (Å²) in [6, 6.07) is 9.39. The van der Waals surface area contributed by atoms with Gasteiger partial charge in [0.05, 0.1) is 11.1 Å². The van der Waals surface area contributed by atoms with Crippen LogP contribution in [0.1, 0.15) is 16.1 Å². The molecule has 2 bridgehead atoms. The highest BCUT2D eigenvalue weighted by molar-refractivity contribution is 6.18. The Labute approximate surface area is 68.9 Å². The highest BCUT2D eigenvalue weighted by Crippen LogP contribution is 2.25. The summed E-state index contributed by atoms with van der Waals surface area (Å²) in [5, 5.41) is 1.04. The normalized spacial score (nSPS) is 13.2. The largest absolute Gasteiger partial charge is 0.287 e.